The Bertz CT molecular complexity index is 303. The first-order chi connectivity index (χ1) is 5.11. The van der Waals surface area contributed by atoms with Crippen LogP contribution in [0.4, 0.5) is 0 Å². The average molecular weight is 191 g/mol. The van der Waals surface area contributed by atoms with Crippen molar-refractivity contribution in [3.05, 3.63) is 22.8 Å². The van der Waals surface area contributed by atoms with Gasteiger partial charge in [0.1, 0.15) is 5.03 Å². The summed E-state index contributed by atoms with van der Waals surface area (Å²) >= 11 is 3.29. The van der Waals surface area contributed by atoms with Crippen molar-refractivity contribution in [2.24, 2.45) is 0 Å². The molecule has 1 atom stereocenters. The third-order valence-corrected chi connectivity index (χ3v) is 2.10. The minimum atomic E-state index is -2.27. The zero-order valence-corrected chi connectivity index (χ0v) is 7.28. The van der Waals surface area contributed by atoms with Crippen molar-refractivity contribution >= 4 is 22.7 Å². The second-order valence-electron chi connectivity index (χ2n) is 2.01. The monoisotopic (exact) mass is 190 g/mol. The maximum Gasteiger partial charge on any atom is 0.116 e. The smallest absolute Gasteiger partial charge is 0.116 e. The van der Waals surface area contributed by atoms with Gasteiger partial charge in [0.25, 0.3) is 0 Å². The molecule has 0 radical (unpaired) electrons. The Hall–Kier alpha value is -0.450. The van der Waals surface area contributed by atoms with E-state index in [2.05, 4.69) is 4.98 Å². The van der Waals surface area contributed by atoms with E-state index in [9.17, 15) is 8.76 Å². The first-order valence-corrected chi connectivity index (χ1v) is 4.28. The molecule has 1 unspecified atom stereocenters. The van der Waals surface area contributed by atoms with Gasteiger partial charge in [-0.05, 0) is 29.6 Å². The molecule has 0 spiro atoms. The maximum absolute atomic E-state index is 10.4. The van der Waals surface area contributed by atoms with E-state index in [0.29, 0.717) is 10.6 Å². The van der Waals surface area contributed by atoms with Gasteiger partial charge in [0.05, 0.1) is 5.02 Å². The summed E-state index contributed by atoms with van der Waals surface area (Å²) in [7, 11) is 0. The Balaban J connectivity index is 3.20. The van der Waals surface area contributed by atoms with Crippen molar-refractivity contribution in [2.75, 3.05) is 0 Å². The van der Waals surface area contributed by atoms with Crippen molar-refractivity contribution < 1.29 is 8.76 Å². The van der Waals surface area contributed by atoms with Crippen molar-refractivity contribution in [3.63, 3.8) is 0 Å². The molecule has 5 heteroatoms. The van der Waals surface area contributed by atoms with Crippen LogP contribution in [0.3, 0.4) is 0 Å². The van der Waals surface area contributed by atoms with E-state index >= 15 is 0 Å². The van der Waals surface area contributed by atoms with E-state index in [4.69, 9.17) is 11.6 Å². The molecule has 1 aromatic rings. The number of halogens is 1. The Morgan fingerprint density at radius 3 is 2.82 bits per heavy atom. The Morgan fingerprint density at radius 2 is 2.36 bits per heavy atom. The molecule has 0 fully saturated rings. The normalized spacial score (nSPS) is 13.0. The number of aryl methyl sites for hydroxylation is 1. The van der Waals surface area contributed by atoms with Crippen LogP contribution in [0.5, 0.6) is 0 Å². The Labute approximate surface area is 71.7 Å². The van der Waals surface area contributed by atoms with Crippen LogP contribution in [0.25, 0.3) is 0 Å². The maximum atomic E-state index is 10.4. The standard InChI is InChI=1S/C6H6ClNO2S/c1-4-2-5(7)3-8-6(4)11(9)10/h2-3H,1H3,(H,9,10)/p-1. The molecule has 11 heavy (non-hydrogen) atoms. The minimum absolute atomic E-state index is 0.0504. The molecule has 0 amide bonds. The van der Waals surface area contributed by atoms with Crippen LogP contribution < -0.4 is 0 Å². The summed E-state index contributed by atoms with van der Waals surface area (Å²) < 4.78 is 20.9. The summed E-state index contributed by atoms with van der Waals surface area (Å²) in [6.07, 6.45) is 1.31. The zero-order valence-electron chi connectivity index (χ0n) is 5.70. The summed E-state index contributed by atoms with van der Waals surface area (Å²) in [5.41, 5.74) is 0.561. The predicted molar refractivity (Wildman–Crippen MR) is 41.2 cm³/mol. The fraction of sp³-hybridized carbons (Fsp3) is 0.167. The van der Waals surface area contributed by atoms with E-state index in [1.807, 2.05) is 0 Å². The number of pyridine rings is 1. The van der Waals surface area contributed by atoms with Crippen LogP contribution in [-0.4, -0.2) is 13.7 Å². The van der Waals surface area contributed by atoms with Gasteiger partial charge in [-0.3, -0.25) is 4.21 Å². The molecule has 0 N–H and O–H groups in total. The first-order valence-electron chi connectivity index (χ1n) is 2.82. The van der Waals surface area contributed by atoms with Crippen LogP contribution in [0.1, 0.15) is 5.56 Å². The van der Waals surface area contributed by atoms with Gasteiger partial charge in [0.2, 0.25) is 0 Å². The highest BCUT2D eigenvalue weighted by Gasteiger charge is 1.99. The van der Waals surface area contributed by atoms with Gasteiger partial charge in [-0.2, -0.15) is 0 Å². The lowest BCUT2D eigenvalue weighted by Gasteiger charge is -2.06. The number of rotatable bonds is 1. The number of nitrogens with zero attached hydrogens (tertiary/aromatic N) is 1. The number of aromatic nitrogens is 1. The van der Waals surface area contributed by atoms with E-state index in [1.165, 1.54) is 6.20 Å². The molecule has 1 heterocycles. The molecule has 0 bridgehead atoms. The van der Waals surface area contributed by atoms with Crippen molar-refractivity contribution in [2.45, 2.75) is 11.9 Å². The second-order valence-corrected chi connectivity index (χ2v) is 3.30. The van der Waals surface area contributed by atoms with Crippen LogP contribution in [-0.2, 0) is 11.1 Å². The summed E-state index contributed by atoms with van der Waals surface area (Å²) in [5.74, 6) is 0. The van der Waals surface area contributed by atoms with Gasteiger partial charge in [-0.1, -0.05) is 11.6 Å². The highest BCUT2D eigenvalue weighted by molar-refractivity contribution is 7.79. The number of hydrogen-bond acceptors (Lipinski definition) is 3. The van der Waals surface area contributed by atoms with E-state index in [1.54, 1.807) is 13.0 Å². The molecular formula is C6H5ClNO2S-. The van der Waals surface area contributed by atoms with Crippen LogP contribution in [0, 0.1) is 6.92 Å². The predicted octanol–water partition coefficient (Wildman–Crippen LogP) is 1.28. The van der Waals surface area contributed by atoms with Gasteiger partial charge in [-0.25, -0.2) is 4.98 Å². The average Bonchev–Trinajstić information content (AvgIpc) is 1.85. The lowest BCUT2D eigenvalue weighted by Crippen LogP contribution is -1.96. The highest BCUT2D eigenvalue weighted by atomic mass is 35.5. The molecular weight excluding hydrogens is 186 g/mol. The van der Waals surface area contributed by atoms with Gasteiger partial charge >= 0.3 is 0 Å². The minimum Gasteiger partial charge on any atom is -0.767 e. The summed E-state index contributed by atoms with van der Waals surface area (Å²) in [6.45, 7) is 1.64. The van der Waals surface area contributed by atoms with Crippen molar-refractivity contribution in [1.82, 2.24) is 4.98 Å². The lowest BCUT2D eigenvalue weighted by molar-refractivity contribution is 0.532. The molecule has 1 rings (SSSR count). The molecule has 0 aliphatic carbocycles. The molecule has 0 aliphatic rings. The lowest BCUT2D eigenvalue weighted by atomic mass is 10.3. The molecule has 0 aromatic carbocycles. The van der Waals surface area contributed by atoms with Crippen molar-refractivity contribution in [1.29, 1.82) is 0 Å². The molecule has 3 nitrogen and oxygen atoms in total. The topological polar surface area (TPSA) is 53.0 Å². The van der Waals surface area contributed by atoms with E-state index in [-0.39, 0.29) is 5.03 Å². The van der Waals surface area contributed by atoms with Gasteiger partial charge < -0.3 is 4.55 Å². The Morgan fingerprint density at radius 1 is 1.73 bits per heavy atom. The Kier molecular flexibility index (Phi) is 2.59. The van der Waals surface area contributed by atoms with Gasteiger partial charge in [0.15, 0.2) is 0 Å². The zero-order chi connectivity index (χ0) is 8.43. The van der Waals surface area contributed by atoms with E-state index in [0.717, 1.165) is 0 Å². The summed E-state index contributed by atoms with van der Waals surface area (Å²) in [5, 5.41) is 0.492. The second kappa shape index (κ2) is 3.30. The molecule has 60 valence electrons. The van der Waals surface area contributed by atoms with Crippen LogP contribution >= 0.6 is 11.6 Å². The molecule has 0 aliphatic heterocycles. The van der Waals surface area contributed by atoms with Gasteiger partial charge in [-0.15, -0.1) is 0 Å². The largest absolute Gasteiger partial charge is 0.767 e. The fourth-order valence-corrected chi connectivity index (χ4v) is 1.38. The molecule has 0 saturated heterocycles. The third kappa shape index (κ3) is 1.99. The summed E-state index contributed by atoms with van der Waals surface area (Å²) in [6, 6.07) is 1.56. The van der Waals surface area contributed by atoms with Crippen molar-refractivity contribution in [3.8, 4) is 0 Å². The number of hydrogen-bond donors (Lipinski definition) is 0. The fourth-order valence-electron chi connectivity index (χ4n) is 0.702. The summed E-state index contributed by atoms with van der Waals surface area (Å²) in [4.78, 5) is 3.63. The van der Waals surface area contributed by atoms with Crippen LogP contribution in [0.15, 0.2) is 17.3 Å². The molecule has 0 saturated carbocycles. The van der Waals surface area contributed by atoms with E-state index < -0.39 is 11.1 Å². The highest BCUT2D eigenvalue weighted by Crippen LogP contribution is 2.13. The first kappa shape index (κ1) is 8.64. The molecule has 1 aromatic heterocycles. The third-order valence-electron chi connectivity index (χ3n) is 1.15. The quantitative estimate of drug-likeness (QED) is 0.627. The SMILES string of the molecule is Cc1cc(Cl)cnc1S(=O)[O-]. The van der Waals surface area contributed by atoms with Gasteiger partial charge in [0, 0.05) is 6.20 Å². The van der Waals surface area contributed by atoms with Crippen LogP contribution in [0.2, 0.25) is 5.02 Å².